The first-order valence-corrected chi connectivity index (χ1v) is 7.34. The van der Waals surface area contributed by atoms with Gasteiger partial charge in [0.15, 0.2) is 5.78 Å². The van der Waals surface area contributed by atoms with Crippen molar-refractivity contribution in [1.29, 1.82) is 0 Å². The van der Waals surface area contributed by atoms with Crippen LogP contribution in [0.1, 0.15) is 16.8 Å². The van der Waals surface area contributed by atoms with E-state index >= 15 is 0 Å². The maximum atomic E-state index is 12.1. The summed E-state index contributed by atoms with van der Waals surface area (Å²) in [7, 11) is 0. The molecule has 6 nitrogen and oxygen atoms in total. The zero-order valence-electron chi connectivity index (χ0n) is 11.6. The Bertz CT molecular complexity index is 719. The third-order valence-corrected chi connectivity index (χ3v) is 3.75. The fraction of sp³-hybridized carbons (Fsp3) is 0.133. The van der Waals surface area contributed by atoms with Crippen LogP contribution in [0.5, 0.6) is 0 Å². The number of nitrogens with zero attached hydrogens (tertiary/aromatic N) is 1. The second kappa shape index (κ2) is 7.04. The van der Waals surface area contributed by atoms with Crippen molar-refractivity contribution in [1.82, 2.24) is 0 Å². The Morgan fingerprint density at radius 3 is 2.64 bits per heavy atom. The number of carbonyl (C=O) groups excluding carboxylic acids is 1. The highest BCUT2D eigenvalue weighted by Gasteiger charge is 2.11. The van der Waals surface area contributed by atoms with E-state index in [0.29, 0.717) is 28.0 Å². The van der Waals surface area contributed by atoms with E-state index in [2.05, 4.69) is 21.2 Å². The number of hydrogen-bond acceptors (Lipinski definition) is 5. The lowest BCUT2D eigenvalue weighted by molar-refractivity contribution is -0.384. The van der Waals surface area contributed by atoms with Crippen LogP contribution in [0.2, 0.25) is 0 Å². The number of nitro benzene ring substituents is 1. The third kappa shape index (κ3) is 3.82. The van der Waals surface area contributed by atoms with Gasteiger partial charge >= 0.3 is 0 Å². The molecule has 2 aromatic rings. The summed E-state index contributed by atoms with van der Waals surface area (Å²) in [6.07, 6.45) is 0.275. The Morgan fingerprint density at radius 2 is 2.00 bits per heavy atom. The van der Waals surface area contributed by atoms with Crippen LogP contribution in [0.4, 0.5) is 17.1 Å². The monoisotopic (exact) mass is 363 g/mol. The van der Waals surface area contributed by atoms with E-state index in [0.717, 1.165) is 0 Å². The number of nitro groups is 1. The Kier molecular flexibility index (Phi) is 5.11. The smallest absolute Gasteiger partial charge is 0.270 e. The van der Waals surface area contributed by atoms with Crippen LogP contribution < -0.4 is 11.1 Å². The number of Topliss-reactive ketones (excluding diaryl/α,β-unsaturated/α-hetero) is 1. The number of non-ortho nitro benzene ring substituents is 1. The van der Waals surface area contributed by atoms with Gasteiger partial charge in [0.25, 0.3) is 5.69 Å². The molecule has 0 radical (unpaired) electrons. The lowest BCUT2D eigenvalue weighted by atomic mass is 10.1. The van der Waals surface area contributed by atoms with Gasteiger partial charge in [0, 0.05) is 46.5 Å². The molecule has 0 aliphatic heterocycles. The van der Waals surface area contributed by atoms with Crippen LogP contribution in [-0.2, 0) is 0 Å². The van der Waals surface area contributed by atoms with E-state index in [4.69, 9.17) is 5.73 Å². The number of halogens is 1. The molecule has 0 unspecified atom stereocenters. The summed E-state index contributed by atoms with van der Waals surface area (Å²) in [6, 6.07) is 11.3. The standard InChI is InChI=1S/C15H14BrN3O3/c16-12-9-10(19(21)22)5-6-14(12)18-8-7-15(20)11-3-1-2-4-13(11)17/h1-6,9,18H,7-8,17H2. The van der Waals surface area contributed by atoms with E-state index in [1.807, 2.05) is 0 Å². The highest BCUT2D eigenvalue weighted by Crippen LogP contribution is 2.27. The first kappa shape index (κ1) is 16.0. The molecular weight excluding hydrogens is 350 g/mol. The number of rotatable bonds is 6. The fourth-order valence-electron chi connectivity index (χ4n) is 1.96. The van der Waals surface area contributed by atoms with Crippen LogP contribution in [-0.4, -0.2) is 17.3 Å². The topological polar surface area (TPSA) is 98.3 Å². The van der Waals surface area contributed by atoms with Gasteiger partial charge in [0.2, 0.25) is 0 Å². The van der Waals surface area contributed by atoms with Gasteiger partial charge in [0.1, 0.15) is 0 Å². The largest absolute Gasteiger partial charge is 0.398 e. The molecule has 0 atom stereocenters. The summed E-state index contributed by atoms with van der Waals surface area (Å²) < 4.78 is 0.577. The lowest BCUT2D eigenvalue weighted by Crippen LogP contribution is -2.10. The molecule has 0 spiro atoms. The molecule has 0 saturated carbocycles. The van der Waals surface area contributed by atoms with Crippen molar-refractivity contribution in [2.24, 2.45) is 0 Å². The van der Waals surface area contributed by atoms with Gasteiger partial charge in [-0.15, -0.1) is 0 Å². The van der Waals surface area contributed by atoms with E-state index < -0.39 is 4.92 Å². The Morgan fingerprint density at radius 1 is 1.27 bits per heavy atom. The number of hydrogen-bond donors (Lipinski definition) is 2. The second-order valence-corrected chi connectivity index (χ2v) is 5.46. The zero-order valence-corrected chi connectivity index (χ0v) is 13.2. The molecule has 0 amide bonds. The van der Waals surface area contributed by atoms with Crippen molar-refractivity contribution in [3.8, 4) is 0 Å². The van der Waals surface area contributed by atoms with E-state index in [1.165, 1.54) is 12.1 Å². The highest BCUT2D eigenvalue weighted by atomic mass is 79.9. The summed E-state index contributed by atoms with van der Waals surface area (Å²) in [5.41, 5.74) is 7.43. The number of nitrogen functional groups attached to an aromatic ring is 1. The van der Waals surface area contributed by atoms with E-state index in [-0.39, 0.29) is 17.9 Å². The van der Waals surface area contributed by atoms with Crippen molar-refractivity contribution in [3.05, 3.63) is 62.6 Å². The minimum absolute atomic E-state index is 0.00515. The molecule has 0 fully saturated rings. The number of benzene rings is 2. The maximum absolute atomic E-state index is 12.1. The molecule has 0 bridgehead atoms. The number of ketones is 1. The van der Waals surface area contributed by atoms with Crippen LogP contribution in [0, 0.1) is 10.1 Å². The summed E-state index contributed by atoms with van der Waals surface area (Å²) in [4.78, 5) is 22.3. The van der Waals surface area contributed by atoms with Gasteiger partial charge in [0.05, 0.1) is 4.92 Å². The second-order valence-electron chi connectivity index (χ2n) is 4.61. The molecule has 0 aromatic heterocycles. The van der Waals surface area contributed by atoms with E-state index in [1.54, 1.807) is 30.3 Å². The molecule has 22 heavy (non-hydrogen) atoms. The van der Waals surface area contributed by atoms with Gasteiger partial charge in [-0.25, -0.2) is 0 Å². The molecule has 114 valence electrons. The first-order chi connectivity index (χ1) is 10.5. The van der Waals surface area contributed by atoms with Gasteiger partial charge < -0.3 is 11.1 Å². The molecular formula is C15H14BrN3O3. The number of anilines is 2. The highest BCUT2D eigenvalue weighted by molar-refractivity contribution is 9.10. The molecule has 7 heteroatoms. The number of nitrogens with two attached hydrogens (primary N) is 1. The van der Waals surface area contributed by atoms with Crippen molar-refractivity contribution < 1.29 is 9.72 Å². The quantitative estimate of drug-likeness (QED) is 0.353. The minimum atomic E-state index is -0.462. The molecule has 0 aliphatic carbocycles. The third-order valence-electron chi connectivity index (χ3n) is 3.09. The summed E-state index contributed by atoms with van der Waals surface area (Å²) >= 11 is 3.27. The van der Waals surface area contributed by atoms with Crippen LogP contribution in [0.15, 0.2) is 46.9 Å². The fourth-order valence-corrected chi connectivity index (χ4v) is 2.46. The van der Waals surface area contributed by atoms with Crippen molar-refractivity contribution in [3.63, 3.8) is 0 Å². The predicted octanol–water partition coefficient (Wildman–Crippen LogP) is 3.62. The number of carbonyl (C=O) groups is 1. The lowest BCUT2D eigenvalue weighted by Gasteiger charge is -2.09. The van der Waals surface area contributed by atoms with Gasteiger partial charge in [-0.3, -0.25) is 14.9 Å². The average Bonchev–Trinajstić information content (AvgIpc) is 2.49. The van der Waals surface area contributed by atoms with Crippen LogP contribution in [0.3, 0.4) is 0 Å². The molecule has 0 saturated heterocycles. The van der Waals surface area contributed by atoms with Gasteiger partial charge in [-0.1, -0.05) is 12.1 Å². The predicted molar refractivity (Wildman–Crippen MR) is 89.1 cm³/mol. The minimum Gasteiger partial charge on any atom is -0.398 e. The molecule has 2 rings (SSSR count). The Balaban J connectivity index is 1.95. The van der Waals surface area contributed by atoms with Gasteiger partial charge in [-0.2, -0.15) is 0 Å². The molecule has 0 heterocycles. The maximum Gasteiger partial charge on any atom is 0.270 e. The summed E-state index contributed by atoms with van der Waals surface area (Å²) in [5, 5.41) is 13.7. The van der Waals surface area contributed by atoms with Crippen LogP contribution in [0.25, 0.3) is 0 Å². The SMILES string of the molecule is Nc1ccccc1C(=O)CCNc1ccc([N+](=O)[O-])cc1Br. The summed E-state index contributed by atoms with van der Waals surface area (Å²) in [6.45, 7) is 0.406. The molecule has 0 aliphatic rings. The normalized spacial score (nSPS) is 10.2. The molecule has 2 aromatic carbocycles. The Hall–Kier alpha value is -2.41. The van der Waals surface area contributed by atoms with Crippen molar-refractivity contribution in [2.45, 2.75) is 6.42 Å². The van der Waals surface area contributed by atoms with Crippen molar-refractivity contribution >= 4 is 38.8 Å². The molecule has 3 N–H and O–H groups in total. The average molecular weight is 364 g/mol. The number of nitrogens with one attached hydrogen (secondary N) is 1. The zero-order chi connectivity index (χ0) is 16.1. The Labute approximate surface area is 135 Å². The van der Waals surface area contributed by atoms with Gasteiger partial charge in [-0.05, 0) is 34.1 Å². The first-order valence-electron chi connectivity index (χ1n) is 6.54. The van der Waals surface area contributed by atoms with Crippen LogP contribution >= 0.6 is 15.9 Å². The van der Waals surface area contributed by atoms with Crippen molar-refractivity contribution in [2.75, 3.05) is 17.6 Å². The summed E-state index contributed by atoms with van der Waals surface area (Å²) in [5.74, 6) is -0.0522. The van der Waals surface area contributed by atoms with E-state index in [9.17, 15) is 14.9 Å². The number of para-hydroxylation sites is 1.